The summed E-state index contributed by atoms with van der Waals surface area (Å²) in [7, 11) is 3.74. The van der Waals surface area contributed by atoms with Crippen molar-refractivity contribution < 1.29 is 9.47 Å². The first-order valence-corrected chi connectivity index (χ1v) is 7.20. The number of likely N-dealkylation sites (N-methyl/N-ethyl adjacent to an activating group) is 1. The van der Waals surface area contributed by atoms with Crippen molar-refractivity contribution in [3.05, 3.63) is 29.8 Å². The van der Waals surface area contributed by atoms with E-state index in [0.29, 0.717) is 12.1 Å². The highest BCUT2D eigenvalue weighted by molar-refractivity contribution is 5.29. The number of nitrogens with one attached hydrogen (secondary N) is 1. The molecule has 3 heteroatoms. The predicted molar refractivity (Wildman–Crippen MR) is 77.7 cm³/mol. The zero-order chi connectivity index (χ0) is 13.7. The minimum Gasteiger partial charge on any atom is -0.497 e. The standard InChI is InChI=1S/C16H25NO2/c1-4-19-16(13-8-9-13)15(17-2)11-12-6-5-7-14(10-12)18-3/h5-7,10,13,15-17H,4,8-9,11H2,1-3H3. The number of benzene rings is 1. The number of methoxy groups -OCH3 is 1. The van der Waals surface area contributed by atoms with Crippen molar-refractivity contribution in [3.8, 4) is 5.75 Å². The summed E-state index contributed by atoms with van der Waals surface area (Å²) in [6.45, 7) is 2.87. The lowest BCUT2D eigenvalue weighted by atomic mass is 9.98. The summed E-state index contributed by atoms with van der Waals surface area (Å²) in [6.07, 6.45) is 3.93. The molecule has 0 heterocycles. The van der Waals surface area contributed by atoms with E-state index in [1.807, 2.05) is 19.2 Å². The second-order valence-corrected chi connectivity index (χ2v) is 5.21. The molecule has 3 nitrogen and oxygen atoms in total. The molecule has 1 aromatic carbocycles. The van der Waals surface area contributed by atoms with Crippen LogP contribution < -0.4 is 10.1 Å². The Bertz CT molecular complexity index is 390. The first-order chi connectivity index (χ1) is 9.28. The predicted octanol–water partition coefficient (Wildman–Crippen LogP) is 2.64. The summed E-state index contributed by atoms with van der Waals surface area (Å²) in [5.74, 6) is 1.66. The van der Waals surface area contributed by atoms with Gasteiger partial charge in [0.15, 0.2) is 0 Å². The van der Waals surface area contributed by atoms with Gasteiger partial charge >= 0.3 is 0 Å². The van der Waals surface area contributed by atoms with E-state index in [2.05, 4.69) is 24.4 Å². The first-order valence-electron chi connectivity index (χ1n) is 7.20. The van der Waals surface area contributed by atoms with Crippen molar-refractivity contribution in [1.82, 2.24) is 5.32 Å². The van der Waals surface area contributed by atoms with Crippen LogP contribution in [0.1, 0.15) is 25.3 Å². The maximum atomic E-state index is 5.95. The van der Waals surface area contributed by atoms with Gasteiger partial charge in [0, 0.05) is 12.6 Å². The van der Waals surface area contributed by atoms with Crippen LogP contribution in [0.2, 0.25) is 0 Å². The van der Waals surface area contributed by atoms with Crippen molar-refractivity contribution >= 4 is 0 Å². The van der Waals surface area contributed by atoms with Gasteiger partial charge in [-0.05, 0) is 56.8 Å². The molecule has 1 saturated carbocycles. The fourth-order valence-corrected chi connectivity index (χ4v) is 2.63. The van der Waals surface area contributed by atoms with E-state index < -0.39 is 0 Å². The largest absolute Gasteiger partial charge is 0.497 e. The highest BCUT2D eigenvalue weighted by Gasteiger charge is 2.36. The molecule has 19 heavy (non-hydrogen) atoms. The maximum Gasteiger partial charge on any atom is 0.119 e. The molecule has 0 amide bonds. The van der Waals surface area contributed by atoms with Crippen LogP contribution in [0.25, 0.3) is 0 Å². The van der Waals surface area contributed by atoms with Crippen molar-refractivity contribution in [2.45, 2.75) is 38.3 Å². The number of rotatable bonds is 8. The van der Waals surface area contributed by atoms with Gasteiger partial charge in [-0.2, -0.15) is 0 Å². The molecule has 0 bridgehead atoms. The molecule has 1 aliphatic carbocycles. The Hall–Kier alpha value is -1.06. The summed E-state index contributed by atoms with van der Waals surface area (Å²) < 4.78 is 11.2. The summed E-state index contributed by atoms with van der Waals surface area (Å²) in [5.41, 5.74) is 1.30. The second-order valence-electron chi connectivity index (χ2n) is 5.21. The summed E-state index contributed by atoms with van der Waals surface area (Å²) in [5, 5.41) is 3.43. The van der Waals surface area contributed by atoms with Crippen LogP contribution in [0.3, 0.4) is 0 Å². The average molecular weight is 263 g/mol. The van der Waals surface area contributed by atoms with Gasteiger partial charge < -0.3 is 14.8 Å². The van der Waals surface area contributed by atoms with Gasteiger partial charge in [0.25, 0.3) is 0 Å². The van der Waals surface area contributed by atoms with Crippen LogP contribution >= 0.6 is 0 Å². The van der Waals surface area contributed by atoms with Gasteiger partial charge in [-0.3, -0.25) is 0 Å². The SMILES string of the molecule is CCOC(C1CC1)C(Cc1cccc(OC)c1)NC. The molecule has 106 valence electrons. The van der Waals surface area contributed by atoms with Crippen LogP contribution in [0.4, 0.5) is 0 Å². The zero-order valence-electron chi connectivity index (χ0n) is 12.2. The van der Waals surface area contributed by atoms with Gasteiger partial charge in [-0.1, -0.05) is 12.1 Å². The number of ether oxygens (including phenoxy) is 2. The van der Waals surface area contributed by atoms with Gasteiger partial charge in [0.05, 0.1) is 13.2 Å². The highest BCUT2D eigenvalue weighted by atomic mass is 16.5. The highest BCUT2D eigenvalue weighted by Crippen LogP contribution is 2.36. The normalized spacial score (nSPS) is 18.1. The molecule has 1 fully saturated rings. The van der Waals surface area contributed by atoms with E-state index in [4.69, 9.17) is 9.47 Å². The van der Waals surface area contributed by atoms with Gasteiger partial charge in [-0.25, -0.2) is 0 Å². The Balaban J connectivity index is 2.03. The fourth-order valence-electron chi connectivity index (χ4n) is 2.63. The van der Waals surface area contributed by atoms with E-state index in [1.54, 1.807) is 7.11 Å². The molecule has 2 rings (SSSR count). The third-order valence-corrected chi connectivity index (χ3v) is 3.80. The van der Waals surface area contributed by atoms with Crippen LogP contribution in [-0.4, -0.2) is 32.9 Å². The molecule has 0 aliphatic heterocycles. The lowest BCUT2D eigenvalue weighted by molar-refractivity contribution is 0.0211. The maximum absolute atomic E-state index is 5.95. The number of hydrogen-bond acceptors (Lipinski definition) is 3. The molecule has 0 spiro atoms. The summed E-state index contributed by atoms with van der Waals surface area (Å²) in [6, 6.07) is 8.68. The molecule has 1 N–H and O–H groups in total. The smallest absolute Gasteiger partial charge is 0.119 e. The minimum atomic E-state index is 0.334. The Kier molecular flexibility index (Phi) is 5.23. The minimum absolute atomic E-state index is 0.334. The van der Waals surface area contributed by atoms with Crippen LogP contribution in [-0.2, 0) is 11.2 Å². The lowest BCUT2D eigenvalue weighted by Gasteiger charge is -2.27. The van der Waals surface area contributed by atoms with Gasteiger partial charge in [0.2, 0.25) is 0 Å². The second kappa shape index (κ2) is 6.92. The molecule has 0 saturated heterocycles. The molecule has 2 unspecified atom stereocenters. The molecular formula is C16H25NO2. The summed E-state index contributed by atoms with van der Waals surface area (Å²) >= 11 is 0. The van der Waals surface area contributed by atoms with E-state index in [0.717, 1.165) is 24.7 Å². The van der Waals surface area contributed by atoms with E-state index in [1.165, 1.54) is 18.4 Å². The molecule has 1 aromatic rings. The van der Waals surface area contributed by atoms with Crippen LogP contribution in [0.5, 0.6) is 5.75 Å². The van der Waals surface area contributed by atoms with Gasteiger partial charge in [0.1, 0.15) is 5.75 Å². The lowest BCUT2D eigenvalue weighted by Crippen LogP contribution is -2.42. The Morgan fingerprint density at radius 3 is 2.74 bits per heavy atom. The van der Waals surface area contributed by atoms with Crippen molar-refractivity contribution in [1.29, 1.82) is 0 Å². The van der Waals surface area contributed by atoms with Crippen LogP contribution in [0, 0.1) is 5.92 Å². The fraction of sp³-hybridized carbons (Fsp3) is 0.625. The first kappa shape index (κ1) is 14.4. The van der Waals surface area contributed by atoms with Crippen LogP contribution in [0.15, 0.2) is 24.3 Å². The van der Waals surface area contributed by atoms with Crippen molar-refractivity contribution in [2.24, 2.45) is 5.92 Å². The average Bonchev–Trinajstić information content (AvgIpc) is 3.27. The third kappa shape index (κ3) is 3.95. The molecule has 0 aromatic heterocycles. The summed E-state index contributed by atoms with van der Waals surface area (Å²) in [4.78, 5) is 0. The zero-order valence-corrected chi connectivity index (χ0v) is 12.2. The molecule has 1 aliphatic rings. The van der Waals surface area contributed by atoms with Crippen molar-refractivity contribution in [3.63, 3.8) is 0 Å². The Morgan fingerprint density at radius 1 is 1.37 bits per heavy atom. The molecule has 0 radical (unpaired) electrons. The van der Waals surface area contributed by atoms with E-state index in [-0.39, 0.29) is 0 Å². The van der Waals surface area contributed by atoms with E-state index in [9.17, 15) is 0 Å². The third-order valence-electron chi connectivity index (χ3n) is 3.80. The Morgan fingerprint density at radius 2 is 2.16 bits per heavy atom. The molecule has 2 atom stereocenters. The van der Waals surface area contributed by atoms with E-state index >= 15 is 0 Å². The quantitative estimate of drug-likeness (QED) is 0.782. The Labute approximate surface area is 116 Å². The monoisotopic (exact) mass is 263 g/mol. The molecular weight excluding hydrogens is 238 g/mol. The van der Waals surface area contributed by atoms with Gasteiger partial charge in [-0.15, -0.1) is 0 Å². The number of hydrogen-bond donors (Lipinski definition) is 1. The topological polar surface area (TPSA) is 30.5 Å². The van der Waals surface area contributed by atoms with Crippen molar-refractivity contribution in [2.75, 3.05) is 20.8 Å².